The average Bonchev–Trinajstić information content (AvgIpc) is 3.10. The first-order valence-corrected chi connectivity index (χ1v) is 10.7. The van der Waals surface area contributed by atoms with Crippen molar-refractivity contribution in [2.24, 2.45) is 0 Å². The van der Waals surface area contributed by atoms with E-state index in [1.165, 1.54) is 11.8 Å². The fraction of sp³-hybridized carbons (Fsp3) is 0.250. The van der Waals surface area contributed by atoms with Crippen LogP contribution in [0.1, 0.15) is 18.3 Å². The minimum atomic E-state index is -0.0986. The standard InChI is InChI=1S/C20H20Cl2N4O2S/c1-3-26-18(11-28-17-10-14(21)8-9-15(17)22)24-25-20(26)29-12-19(27)23-16-7-5-4-6-13(16)2/h4-10H,3,11-12H2,1-2H3,(H,23,27). The van der Waals surface area contributed by atoms with Gasteiger partial charge in [0, 0.05) is 23.3 Å². The number of aromatic nitrogens is 3. The number of thioether (sulfide) groups is 1. The molecule has 6 nitrogen and oxygen atoms in total. The van der Waals surface area contributed by atoms with Crippen molar-refractivity contribution in [3.05, 3.63) is 63.9 Å². The Morgan fingerprint density at radius 2 is 2.00 bits per heavy atom. The Bertz CT molecular complexity index is 1010. The van der Waals surface area contributed by atoms with E-state index in [9.17, 15) is 4.79 Å². The largest absolute Gasteiger partial charge is 0.484 e. The number of anilines is 1. The molecule has 0 aliphatic carbocycles. The second kappa shape index (κ2) is 10.0. The fourth-order valence-corrected chi connectivity index (χ4v) is 3.77. The number of hydrogen-bond acceptors (Lipinski definition) is 5. The highest BCUT2D eigenvalue weighted by molar-refractivity contribution is 7.99. The topological polar surface area (TPSA) is 69.0 Å². The second-order valence-corrected chi connectivity index (χ2v) is 7.94. The van der Waals surface area contributed by atoms with E-state index in [2.05, 4.69) is 15.5 Å². The minimum absolute atomic E-state index is 0.0986. The number of halogens is 2. The number of carbonyl (C=O) groups excluding carboxylic acids is 1. The van der Waals surface area contributed by atoms with Crippen molar-refractivity contribution in [3.8, 4) is 5.75 Å². The summed E-state index contributed by atoms with van der Waals surface area (Å²) >= 11 is 13.4. The monoisotopic (exact) mass is 450 g/mol. The van der Waals surface area contributed by atoms with Crippen LogP contribution in [0.15, 0.2) is 47.6 Å². The molecule has 0 aliphatic heterocycles. The summed E-state index contributed by atoms with van der Waals surface area (Å²) in [5.74, 6) is 1.26. The third-order valence-corrected chi connectivity index (χ3v) is 5.63. The molecule has 1 aromatic heterocycles. The van der Waals surface area contributed by atoms with Gasteiger partial charge in [-0.15, -0.1) is 10.2 Å². The Labute approximate surface area is 183 Å². The Morgan fingerprint density at radius 3 is 2.76 bits per heavy atom. The Morgan fingerprint density at radius 1 is 1.21 bits per heavy atom. The lowest BCUT2D eigenvalue weighted by Gasteiger charge is -2.10. The predicted molar refractivity (Wildman–Crippen MR) is 117 cm³/mol. The first kappa shape index (κ1) is 21.5. The van der Waals surface area contributed by atoms with Gasteiger partial charge in [-0.2, -0.15) is 0 Å². The van der Waals surface area contributed by atoms with Crippen LogP contribution < -0.4 is 10.1 Å². The highest BCUT2D eigenvalue weighted by Gasteiger charge is 2.15. The summed E-state index contributed by atoms with van der Waals surface area (Å²) in [6.07, 6.45) is 0. The number of ether oxygens (including phenoxy) is 1. The van der Waals surface area contributed by atoms with Gasteiger partial charge in [-0.25, -0.2) is 0 Å². The van der Waals surface area contributed by atoms with Crippen molar-refractivity contribution >= 4 is 46.6 Å². The maximum absolute atomic E-state index is 12.3. The number of amides is 1. The third kappa shape index (κ3) is 5.65. The lowest BCUT2D eigenvalue weighted by molar-refractivity contribution is -0.113. The van der Waals surface area contributed by atoms with Crippen molar-refractivity contribution in [1.82, 2.24) is 14.8 Å². The number of benzene rings is 2. The molecule has 3 rings (SSSR count). The maximum Gasteiger partial charge on any atom is 0.234 e. The lowest BCUT2D eigenvalue weighted by Crippen LogP contribution is -2.15. The molecule has 0 fully saturated rings. The molecule has 0 saturated carbocycles. The van der Waals surface area contributed by atoms with E-state index in [0.717, 1.165) is 11.3 Å². The molecular weight excluding hydrogens is 431 g/mol. The Hall–Kier alpha value is -2.22. The van der Waals surface area contributed by atoms with Gasteiger partial charge in [-0.1, -0.05) is 53.2 Å². The van der Waals surface area contributed by atoms with Gasteiger partial charge < -0.3 is 14.6 Å². The van der Waals surface area contributed by atoms with Gasteiger partial charge >= 0.3 is 0 Å². The van der Waals surface area contributed by atoms with Crippen molar-refractivity contribution in [2.75, 3.05) is 11.1 Å². The van der Waals surface area contributed by atoms with Gasteiger partial charge in [0.15, 0.2) is 11.0 Å². The summed E-state index contributed by atoms with van der Waals surface area (Å²) in [6.45, 7) is 4.78. The Balaban J connectivity index is 1.61. The minimum Gasteiger partial charge on any atom is -0.484 e. The number of rotatable bonds is 8. The highest BCUT2D eigenvalue weighted by Crippen LogP contribution is 2.28. The summed E-state index contributed by atoms with van der Waals surface area (Å²) in [7, 11) is 0. The van der Waals surface area contributed by atoms with Crippen LogP contribution in [0, 0.1) is 6.92 Å². The van der Waals surface area contributed by atoms with Crippen LogP contribution in [-0.4, -0.2) is 26.4 Å². The molecule has 0 spiro atoms. The number of para-hydroxylation sites is 1. The van der Waals surface area contributed by atoms with E-state index < -0.39 is 0 Å². The lowest BCUT2D eigenvalue weighted by atomic mass is 10.2. The number of nitrogens with one attached hydrogen (secondary N) is 1. The first-order valence-electron chi connectivity index (χ1n) is 8.96. The zero-order chi connectivity index (χ0) is 20.8. The molecule has 1 N–H and O–H groups in total. The maximum atomic E-state index is 12.3. The molecule has 3 aromatic rings. The molecule has 1 amide bonds. The molecule has 0 saturated heterocycles. The molecule has 0 bridgehead atoms. The normalized spacial score (nSPS) is 10.8. The van der Waals surface area contributed by atoms with Crippen molar-refractivity contribution in [1.29, 1.82) is 0 Å². The summed E-state index contributed by atoms with van der Waals surface area (Å²) in [6, 6.07) is 12.7. The van der Waals surface area contributed by atoms with E-state index in [4.69, 9.17) is 27.9 Å². The Kier molecular flexibility index (Phi) is 7.41. The molecule has 0 radical (unpaired) electrons. The van der Waals surface area contributed by atoms with E-state index in [-0.39, 0.29) is 18.3 Å². The van der Waals surface area contributed by atoms with Crippen LogP contribution in [0.5, 0.6) is 5.75 Å². The van der Waals surface area contributed by atoms with Crippen LogP contribution >= 0.6 is 35.0 Å². The number of hydrogen-bond donors (Lipinski definition) is 1. The summed E-state index contributed by atoms with van der Waals surface area (Å²) in [4.78, 5) is 12.3. The molecule has 9 heteroatoms. The molecule has 29 heavy (non-hydrogen) atoms. The quantitative estimate of drug-likeness (QED) is 0.476. The summed E-state index contributed by atoms with van der Waals surface area (Å²) in [5.41, 5.74) is 1.82. The summed E-state index contributed by atoms with van der Waals surface area (Å²) < 4.78 is 7.66. The van der Waals surface area contributed by atoms with Crippen molar-refractivity contribution in [3.63, 3.8) is 0 Å². The molecule has 152 valence electrons. The van der Waals surface area contributed by atoms with Gasteiger partial charge in [0.05, 0.1) is 10.8 Å². The van der Waals surface area contributed by atoms with Gasteiger partial charge in [-0.3, -0.25) is 4.79 Å². The van der Waals surface area contributed by atoms with E-state index in [1.807, 2.05) is 42.7 Å². The highest BCUT2D eigenvalue weighted by atomic mass is 35.5. The molecule has 1 heterocycles. The SMILES string of the molecule is CCn1c(COc2cc(Cl)ccc2Cl)nnc1SCC(=O)Nc1ccccc1C. The first-order chi connectivity index (χ1) is 14.0. The molecular formula is C20H20Cl2N4O2S. The van der Waals surface area contributed by atoms with Crippen LogP contribution in [-0.2, 0) is 17.9 Å². The van der Waals surface area contributed by atoms with E-state index >= 15 is 0 Å². The number of nitrogens with zero attached hydrogens (tertiary/aromatic N) is 3. The zero-order valence-electron chi connectivity index (χ0n) is 16.0. The van der Waals surface area contributed by atoms with Crippen LogP contribution in [0.2, 0.25) is 10.0 Å². The van der Waals surface area contributed by atoms with Crippen molar-refractivity contribution < 1.29 is 9.53 Å². The fourth-order valence-electron chi connectivity index (χ4n) is 2.61. The predicted octanol–water partition coefficient (Wildman–Crippen LogP) is 5.22. The van der Waals surface area contributed by atoms with E-state index in [1.54, 1.807) is 18.2 Å². The van der Waals surface area contributed by atoms with Gasteiger partial charge in [0.1, 0.15) is 12.4 Å². The van der Waals surface area contributed by atoms with Crippen LogP contribution in [0.4, 0.5) is 5.69 Å². The number of aryl methyl sites for hydroxylation is 1. The van der Waals surface area contributed by atoms with Crippen LogP contribution in [0.3, 0.4) is 0 Å². The molecule has 2 aromatic carbocycles. The average molecular weight is 451 g/mol. The zero-order valence-corrected chi connectivity index (χ0v) is 18.3. The second-order valence-electron chi connectivity index (χ2n) is 6.16. The van der Waals surface area contributed by atoms with Gasteiger partial charge in [0.25, 0.3) is 0 Å². The number of carbonyl (C=O) groups is 1. The summed E-state index contributed by atoms with van der Waals surface area (Å²) in [5, 5.41) is 13.0. The molecule has 0 unspecified atom stereocenters. The van der Waals surface area contributed by atoms with Gasteiger partial charge in [-0.05, 0) is 37.6 Å². The molecule has 0 atom stereocenters. The van der Waals surface area contributed by atoms with E-state index in [0.29, 0.717) is 33.3 Å². The van der Waals surface area contributed by atoms with Crippen molar-refractivity contribution in [2.45, 2.75) is 32.2 Å². The molecule has 0 aliphatic rings. The van der Waals surface area contributed by atoms with Crippen LogP contribution in [0.25, 0.3) is 0 Å². The smallest absolute Gasteiger partial charge is 0.234 e. The third-order valence-electron chi connectivity index (χ3n) is 4.11. The van der Waals surface area contributed by atoms with Gasteiger partial charge in [0.2, 0.25) is 5.91 Å².